The molecule has 0 aliphatic heterocycles. The Kier molecular flexibility index (Phi) is 15.1. The Labute approximate surface area is 340 Å². The normalized spacial score (nSPS) is 27.0. The van der Waals surface area contributed by atoms with Gasteiger partial charge in [-0.1, -0.05) is 10.4 Å². The molecule has 2 fully saturated rings. The number of carbonyl (C=O) groups is 2. The number of aliphatic hydroxyl groups is 4. The van der Waals surface area contributed by atoms with Crippen LogP contribution in [0.15, 0.2) is 60.9 Å². The van der Waals surface area contributed by atoms with Gasteiger partial charge in [0.25, 0.3) is 0 Å². The highest BCUT2D eigenvalue weighted by Gasteiger charge is 2.42. The lowest BCUT2D eigenvalue weighted by Crippen LogP contribution is -2.62. The van der Waals surface area contributed by atoms with Crippen molar-refractivity contribution in [1.82, 2.24) is 30.0 Å². The van der Waals surface area contributed by atoms with Crippen LogP contribution in [-0.4, -0.2) is 136 Å². The minimum atomic E-state index is -1.15. The number of hydrogen-bond acceptors (Lipinski definition) is 17. The molecule has 2 aliphatic carbocycles. The first-order valence-corrected chi connectivity index (χ1v) is 19.6. The first-order valence-electron chi connectivity index (χ1n) is 19.6. The topological polar surface area (TPSA) is 332 Å². The zero-order chi connectivity index (χ0) is 42.1. The SMILES string of the molecule is N[C@@H]1C[C@H](N)[C@@H](OCCCc2cn(CC(=O)Nc3ccc(Oc4ccc(NC(=O)Cn5cc(CCCO[C@H]6[C@H](O)[C@@H](O)[C@H](N)C[C@@H]6N)nn5)cc4)cc3)nn2)[C@H](O)[C@H]1O. The van der Waals surface area contributed by atoms with Crippen LogP contribution in [0.2, 0.25) is 0 Å². The molecule has 0 radical (unpaired) electrons. The summed E-state index contributed by atoms with van der Waals surface area (Å²) in [4.78, 5) is 25.4. The van der Waals surface area contributed by atoms with Gasteiger partial charge in [0, 0.05) is 61.1 Å². The standard InChI is InChI=1S/C38H54N12O9/c39-27-15-29(41)37(35(55)33(27)53)57-13-1-3-23-17-49(47-45-23)19-31(51)43-21-5-9-25(10-6-21)59-26-11-7-22(8-12-26)44-32(52)20-50-18-24(46-48-50)4-2-14-58-38-30(42)16-28(40)34(54)36(38)56/h5-12,17-18,27-30,33-38,53-56H,1-4,13-16,19-20,39-42H2,(H,43,51)(H,44,52)/t27-,28-,29+,30+,33+,34+,35-,36-,37-,38-/m1/s1. The Morgan fingerprint density at radius 3 is 1.39 bits per heavy atom. The molecule has 0 spiro atoms. The summed E-state index contributed by atoms with van der Waals surface area (Å²) in [5.41, 5.74) is 26.2. The summed E-state index contributed by atoms with van der Waals surface area (Å²) in [6.07, 6.45) is 0.376. The summed E-state index contributed by atoms with van der Waals surface area (Å²) < 4.78 is 20.3. The molecule has 0 saturated heterocycles. The molecule has 21 heteroatoms. The Morgan fingerprint density at radius 2 is 1.00 bits per heavy atom. The van der Waals surface area contributed by atoms with Crippen LogP contribution in [0, 0.1) is 0 Å². The quantitative estimate of drug-likeness (QED) is 0.0492. The van der Waals surface area contributed by atoms with Crippen LogP contribution in [0.1, 0.15) is 37.1 Å². The summed E-state index contributed by atoms with van der Waals surface area (Å²) >= 11 is 0. The molecular weight excluding hydrogens is 768 g/mol. The van der Waals surface area contributed by atoms with Crippen molar-refractivity contribution >= 4 is 23.2 Å². The van der Waals surface area contributed by atoms with Gasteiger partial charge in [0.1, 0.15) is 49.0 Å². The van der Waals surface area contributed by atoms with Gasteiger partial charge in [-0.25, -0.2) is 9.36 Å². The fourth-order valence-corrected chi connectivity index (χ4v) is 7.07. The number of anilines is 2. The van der Waals surface area contributed by atoms with Crippen LogP contribution in [0.25, 0.3) is 0 Å². The minimum Gasteiger partial charge on any atom is -0.457 e. The van der Waals surface area contributed by atoms with E-state index in [1.807, 2.05) is 0 Å². The fourth-order valence-electron chi connectivity index (χ4n) is 7.07. The molecule has 6 rings (SSSR count). The van der Waals surface area contributed by atoms with Crippen molar-refractivity contribution in [2.75, 3.05) is 23.8 Å². The van der Waals surface area contributed by atoms with Crippen molar-refractivity contribution in [1.29, 1.82) is 0 Å². The highest BCUT2D eigenvalue weighted by atomic mass is 16.5. The van der Waals surface area contributed by atoms with Crippen LogP contribution in [0.4, 0.5) is 11.4 Å². The molecule has 2 aromatic carbocycles. The van der Waals surface area contributed by atoms with Gasteiger partial charge in [-0.15, -0.1) is 10.2 Å². The number of nitrogens with one attached hydrogen (secondary N) is 2. The maximum atomic E-state index is 12.7. The number of nitrogens with zero attached hydrogens (tertiary/aromatic N) is 6. The predicted molar refractivity (Wildman–Crippen MR) is 212 cm³/mol. The molecule has 14 N–H and O–H groups in total. The van der Waals surface area contributed by atoms with E-state index in [0.717, 1.165) is 0 Å². The van der Waals surface area contributed by atoms with Crippen molar-refractivity contribution in [2.45, 2.75) is 112 Å². The summed E-state index contributed by atoms with van der Waals surface area (Å²) in [5.74, 6) is 0.485. The first kappa shape index (κ1) is 43.6. The molecular formula is C38H54N12O9. The van der Waals surface area contributed by atoms with Gasteiger partial charge in [0.15, 0.2) is 0 Å². The molecule has 59 heavy (non-hydrogen) atoms. The number of benzene rings is 2. The minimum absolute atomic E-state index is 0.0461. The number of aromatic nitrogens is 6. The molecule has 2 heterocycles. The monoisotopic (exact) mass is 822 g/mol. The van der Waals surface area contributed by atoms with E-state index in [1.54, 1.807) is 60.9 Å². The number of aliphatic hydroxyl groups excluding tert-OH is 4. The molecule has 0 bridgehead atoms. The predicted octanol–water partition coefficient (Wildman–Crippen LogP) is -1.86. The Bertz CT molecular complexity index is 1810. The summed E-state index contributed by atoms with van der Waals surface area (Å²) in [7, 11) is 0. The van der Waals surface area contributed by atoms with E-state index >= 15 is 0 Å². The van der Waals surface area contributed by atoms with Gasteiger partial charge in [0.2, 0.25) is 11.8 Å². The molecule has 320 valence electrons. The van der Waals surface area contributed by atoms with Crippen molar-refractivity contribution in [3.05, 3.63) is 72.3 Å². The van der Waals surface area contributed by atoms with Gasteiger partial charge in [-0.2, -0.15) is 0 Å². The Balaban J connectivity index is 0.859. The number of hydrogen-bond donors (Lipinski definition) is 10. The number of carbonyl (C=O) groups excluding carboxylic acids is 2. The van der Waals surface area contributed by atoms with E-state index in [4.69, 9.17) is 37.1 Å². The second-order valence-corrected chi connectivity index (χ2v) is 15.0. The third-order valence-corrected chi connectivity index (χ3v) is 10.3. The highest BCUT2D eigenvalue weighted by Crippen LogP contribution is 2.25. The molecule has 2 saturated carbocycles. The fraction of sp³-hybridized carbons (Fsp3) is 0.526. The van der Waals surface area contributed by atoms with E-state index in [-0.39, 0.29) is 24.9 Å². The zero-order valence-corrected chi connectivity index (χ0v) is 32.4. The van der Waals surface area contributed by atoms with E-state index in [9.17, 15) is 30.0 Å². The first-order chi connectivity index (χ1) is 28.3. The smallest absolute Gasteiger partial charge is 0.246 e. The van der Waals surface area contributed by atoms with Gasteiger partial charge in [-0.3, -0.25) is 9.59 Å². The molecule has 4 aromatic rings. The largest absolute Gasteiger partial charge is 0.457 e. The third kappa shape index (κ3) is 12.1. The number of amides is 2. The number of rotatable bonds is 18. The van der Waals surface area contributed by atoms with E-state index in [2.05, 4.69) is 31.3 Å². The lowest BCUT2D eigenvalue weighted by atomic mass is 9.85. The molecule has 21 nitrogen and oxygen atoms in total. The lowest BCUT2D eigenvalue weighted by molar-refractivity contribution is -0.127. The average molecular weight is 823 g/mol. The zero-order valence-electron chi connectivity index (χ0n) is 32.4. The van der Waals surface area contributed by atoms with E-state index in [0.29, 0.717) is 86.0 Å². The van der Waals surface area contributed by atoms with Gasteiger partial charge >= 0.3 is 0 Å². The maximum Gasteiger partial charge on any atom is 0.246 e. The maximum absolute atomic E-state index is 12.7. The number of nitrogens with two attached hydrogens (primary N) is 4. The molecule has 10 atom stereocenters. The van der Waals surface area contributed by atoms with Crippen LogP contribution >= 0.6 is 0 Å². The van der Waals surface area contributed by atoms with Gasteiger partial charge in [0.05, 0.1) is 23.6 Å². The van der Waals surface area contributed by atoms with Crippen molar-refractivity contribution in [2.24, 2.45) is 22.9 Å². The van der Waals surface area contributed by atoms with E-state index < -0.39 is 60.8 Å². The summed E-state index contributed by atoms with van der Waals surface area (Å²) in [5, 5.41) is 62.5. The highest BCUT2D eigenvalue weighted by molar-refractivity contribution is 5.91. The third-order valence-electron chi connectivity index (χ3n) is 10.3. The van der Waals surface area contributed by atoms with Gasteiger partial charge in [-0.05, 0) is 87.1 Å². The van der Waals surface area contributed by atoms with Crippen molar-refractivity contribution in [3.63, 3.8) is 0 Å². The van der Waals surface area contributed by atoms with Crippen LogP contribution in [0.3, 0.4) is 0 Å². The lowest BCUT2D eigenvalue weighted by Gasteiger charge is -2.39. The van der Waals surface area contributed by atoms with Crippen molar-refractivity contribution < 1.29 is 44.2 Å². The Hall–Kier alpha value is -4.94. The van der Waals surface area contributed by atoms with Crippen LogP contribution < -0.4 is 38.3 Å². The Morgan fingerprint density at radius 1 is 0.610 bits per heavy atom. The second kappa shape index (κ2) is 20.4. The number of aryl methyl sites for hydroxylation is 2. The summed E-state index contributed by atoms with van der Waals surface area (Å²) in [6, 6.07) is 11.6. The second-order valence-electron chi connectivity index (χ2n) is 15.0. The average Bonchev–Trinajstić information content (AvgIpc) is 3.85. The van der Waals surface area contributed by atoms with Crippen LogP contribution in [-0.2, 0) is 45.0 Å². The molecule has 0 unspecified atom stereocenters. The van der Waals surface area contributed by atoms with E-state index in [1.165, 1.54) is 9.36 Å². The van der Waals surface area contributed by atoms with Crippen LogP contribution in [0.5, 0.6) is 11.5 Å². The molecule has 2 aliphatic rings. The number of ether oxygens (including phenoxy) is 3. The van der Waals surface area contributed by atoms with Gasteiger partial charge < -0.3 is 68.2 Å². The summed E-state index contributed by atoms with van der Waals surface area (Å²) in [6.45, 7) is 0.488. The molecule has 2 amide bonds. The van der Waals surface area contributed by atoms with Crippen molar-refractivity contribution in [3.8, 4) is 11.5 Å². The molecule has 2 aromatic heterocycles.